The van der Waals surface area contributed by atoms with E-state index in [2.05, 4.69) is 67.5 Å². The summed E-state index contributed by atoms with van der Waals surface area (Å²) in [5, 5.41) is 0. The number of fused-ring (bicyclic) bond motifs is 4. The van der Waals surface area contributed by atoms with E-state index in [4.69, 9.17) is 0 Å². The molecular formula is C20H32. The zero-order valence-corrected chi connectivity index (χ0v) is 14.6. The Kier molecular flexibility index (Phi) is 2.90. The van der Waals surface area contributed by atoms with Crippen LogP contribution < -0.4 is 0 Å². The lowest BCUT2D eigenvalue weighted by molar-refractivity contribution is -0.217. The summed E-state index contributed by atoms with van der Waals surface area (Å²) in [6.45, 7) is 19.3. The Bertz CT molecular complexity index is 442. The van der Waals surface area contributed by atoms with Crippen LogP contribution in [-0.4, -0.2) is 0 Å². The zero-order chi connectivity index (χ0) is 15.0. The van der Waals surface area contributed by atoms with Crippen LogP contribution in [0.2, 0.25) is 0 Å². The van der Waals surface area contributed by atoms with Crippen molar-refractivity contribution < 1.29 is 0 Å². The number of hydrogen-bond donors (Lipinski definition) is 0. The van der Waals surface area contributed by atoms with Gasteiger partial charge in [-0.15, -0.1) is 0 Å². The molecule has 3 rings (SSSR count). The van der Waals surface area contributed by atoms with E-state index in [-0.39, 0.29) is 0 Å². The molecule has 3 aliphatic carbocycles. The van der Waals surface area contributed by atoms with Gasteiger partial charge < -0.3 is 0 Å². The lowest BCUT2D eigenvalue weighted by atomic mass is 9.21. The summed E-state index contributed by atoms with van der Waals surface area (Å²) >= 11 is 0. The van der Waals surface area contributed by atoms with Crippen LogP contribution in [0, 0.1) is 46.3 Å². The SMILES string of the molecule is CC(C)C1=CC2(C(C)C)C1C1C(C(C)C)=CC12C(C)C. The maximum atomic E-state index is 2.69. The van der Waals surface area contributed by atoms with Crippen molar-refractivity contribution in [2.45, 2.75) is 55.4 Å². The van der Waals surface area contributed by atoms with E-state index in [0.717, 1.165) is 35.5 Å². The largest absolute Gasteiger partial charge is 0.0767 e. The Balaban J connectivity index is 2.09. The monoisotopic (exact) mass is 272 g/mol. The average molecular weight is 272 g/mol. The van der Waals surface area contributed by atoms with Crippen LogP contribution >= 0.6 is 0 Å². The molecule has 0 spiro atoms. The van der Waals surface area contributed by atoms with E-state index in [9.17, 15) is 0 Å². The Morgan fingerprint density at radius 3 is 1.15 bits per heavy atom. The molecule has 0 bridgehead atoms. The van der Waals surface area contributed by atoms with Crippen LogP contribution in [-0.2, 0) is 0 Å². The van der Waals surface area contributed by atoms with E-state index in [1.54, 1.807) is 11.1 Å². The van der Waals surface area contributed by atoms with Gasteiger partial charge in [0.15, 0.2) is 0 Å². The molecule has 0 aromatic heterocycles. The highest BCUT2D eigenvalue weighted by Gasteiger charge is 2.79. The third-order valence-electron chi connectivity index (χ3n) is 6.89. The van der Waals surface area contributed by atoms with Crippen molar-refractivity contribution in [1.29, 1.82) is 0 Å². The maximum absolute atomic E-state index is 2.69. The Morgan fingerprint density at radius 1 is 0.650 bits per heavy atom. The first-order valence-corrected chi connectivity index (χ1v) is 8.67. The third kappa shape index (κ3) is 1.22. The predicted octanol–water partition coefficient (Wildman–Crippen LogP) is 5.71. The molecule has 0 saturated heterocycles. The molecule has 20 heavy (non-hydrogen) atoms. The molecule has 0 heteroatoms. The minimum atomic E-state index is 0.476. The third-order valence-corrected chi connectivity index (χ3v) is 6.89. The van der Waals surface area contributed by atoms with Gasteiger partial charge in [0.05, 0.1) is 0 Å². The van der Waals surface area contributed by atoms with Gasteiger partial charge in [0.1, 0.15) is 0 Å². The fourth-order valence-corrected chi connectivity index (χ4v) is 6.00. The van der Waals surface area contributed by atoms with Crippen molar-refractivity contribution in [3.05, 3.63) is 23.3 Å². The molecular weight excluding hydrogens is 240 g/mol. The zero-order valence-electron chi connectivity index (χ0n) is 14.6. The lowest BCUT2D eigenvalue weighted by Gasteiger charge is -2.82. The highest BCUT2D eigenvalue weighted by Crippen LogP contribution is 2.85. The molecule has 0 N–H and O–H groups in total. The lowest BCUT2D eigenvalue weighted by Crippen LogP contribution is -2.77. The van der Waals surface area contributed by atoms with Gasteiger partial charge in [0.25, 0.3) is 0 Å². The van der Waals surface area contributed by atoms with E-state index in [1.165, 1.54) is 0 Å². The van der Waals surface area contributed by atoms with Crippen molar-refractivity contribution in [3.8, 4) is 0 Å². The molecule has 0 aliphatic heterocycles. The molecule has 4 atom stereocenters. The van der Waals surface area contributed by atoms with Crippen LogP contribution in [0.3, 0.4) is 0 Å². The van der Waals surface area contributed by atoms with Crippen LogP contribution in [0.15, 0.2) is 23.3 Å². The smallest absolute Gasteiger partial charge is 0.00785 e. The molecule has 0 heterocycles. The summed E-state index contributed by atoms with van der Waals surface area (Å²) in [6.07, 6.45) is 5.38. The van der Waals surface area contributed by atoms with Gasteiger partial charge in [-0.25, -0.2) is 0 Å². The van der Waals surface area contributed by atoms with Crippen molar-refractivity contribution in [2.24, 2.45) is 46.3 Å². The first-order chi connectivity index (χ1) is 9.21. The van der Waals surface area contributed by atoms with Gasteiger partial charge in [-0.2, -0.15) is 0 Å². The molecule has 0 amide bonds. The highest BCUT2D eigenvalue weighted by atomic mass is 14.8. The van der Waals surface area contributed by atoms with E-state index in [0.29, 0.717) is 10.8 Å². The quantitative estimate of drug-likeness (QED) is 0.575. The fraction of sp³-hybridized carbons (Fsp3) is 0.800. The second-order valence-corrected chi connectivity index (χ2v) is 8.73. The van der Waals surface area contributed by atoms with Crippen molar-refractivity contribution in [3.63, 3.8) is 0 Å². The molecule has 0 radical (unpaired) electrons. The van der Waals surface area contributed by atoms with E-state index in [1.807, 2.05) is 0 Å². The summed E-state index contributed by atoms with van der Waals surface area (Å²) in [6, 6.07) is 0. The molecule has 0 nitrogen and oxygen atoms in total. The first-order valence-electron chi connectivity index (χ1n) is 8.67. The summed E-state index contributed by atoms with van der Waals surface area (Å²) in [7, 11) is 0. The van der Waals surface area contributed by atoms with Crippen LogP contribution in [0.1, 0.15) is 55.4 Å². The maximum Gasteiger partial charge on any atom is 0.00785 e. The molecule has 0 aromatic carbocycles. The summed E-state index contributed by atoms with van der Waals surface area (Å²) in [5.41, 5.74) is 4.46. The fourth-order valence-electron chi connectivity index (χ4n) is 6.00. The second-order valence-electron chi connectivity index (χ2n) is 8.73. The van der Waals surface area contributed by atoms with E-state index >= 15 is 0 Å². The predicted molar refractivity (Wildman–Crippen MR) is 87.4 cm³/mol. The van der Waals surface area contributed by atoms with Crippen LogP contribution in [0.4, 0.5) is 0 Å². The summed E-state index contributed by atoms with van der Waals surface area (Å²) < 4.78 is 0. The number of rotatable bonds is 4. The molecule has 1 fully saturated rings. The number of allylic oxidation sites excluding steroid dienone is 4. The van der Waals surface area contributed by atoms with Crippen LogP contribution in [0.5, 0.6) is 0 Å². The minimum Gasteiger partial charge on any atom is -0.0767 e. The van der Waals surface area contributed by atoms with Crippen molar-refractivity contribution >= 4 is 0 Å². The Hall–Kier alpha value is -0.520. The first kappa shape index (κ1) is 14.4. The van der Waals surface area contributed by atoms with Gasteiger partial charge in [-0.3, -0.25) is 0 Å². The van der Waals surface area contributed by atoms with Crippen LogP contribution in [0.25, 0.3) is 0 Å². The standard InChI is InChI=1S/C20H32/c1-11(2)15-9-19(13(5)6)17(15)18-16(12(3)4)10-20(18,19)14(7)8/h9-14,17-18H,1-8H3. The minimum absolute atomic E-state index is 0.476. The number of hydrogen-bond acceptors (Lipinski definition) is 0. The van der Waals surface area contributed by atoms with Gasteiger partial charge in [-0.05, 0) is 35.5 Å². The Labute approximate surface area is 125 Å². The van der Waals surface area contributed by atoms with Crippen molar-refractivity contribution in [1.82, 2.24) is 0 Å². The summed E-state index contributed by atoms with van der Waals surface area (Å²) in [5.74, 6) is 4.69. The molecule has 1 saturated carbocycles. The van der Waals surface area contributed by atoms with Gasteiger partial charge >= 0.3 is 0 Å². The second kappa shape index (κ2) is 4.02. The summed E-state index contributed by atoms with van der Waals surface area (Å²) in [4.78, 5) is 0. The van der Waals surface area contributed by atoms with Gasteiger partial charge in [0, 0.05) is 10.8 Å². The molecule has 4 unspecified atom stereocenters. The molecule has 0 aromatic rings. The van der Waals surface area contributed by atoms with Gasteiger partial charge in [-0.1, -0.05) is 78.7 Å². The van der Waals surface area contributed by atoms with Crippen molar-refractivity contribution in [2.75, 3.05) is 0 Å². The topological polar surface area (TPSA) is 0 Å². The highest BCUT2D eigenvalue weighted by molar-refractivity contribution is 5.56. The van der Waals surface area contributed by atoms with Gasteiger partial charge in [0.2, 0.25) is 0 Å². The van der Waals surface area contributed by atoms with E-state index < -0.39 is 0 Å². The molecule has 112 valence electrons. The molecule has 3 aliphatic rings. The average Bonchev–Trinajstić information content (AvgIpc) is 2.25. The normalized spacial score (nSPS) is 41.8. The Morgan fingerprint density at radius 2 is 0.950 bits per heavy atom.